The molecule has 2 atom stereocenters. The number of benzene rings is 2. The fraction of sp³-hybridized carbons (Fsp3) is 0.400. The summed E-state index contributed by atoms with van der Waals surface area (Å²) in [5, 5.41) is 16.8. The Labute approximate surface area is 192 Å². The van der Waals surface area contributed by atoms with Crippen LogP contribution >= 0.6 is 0 Å². The highest BCUT2D eigenvalue weighted by Gasteiger charge is 2.42. The largest absolute Gasteiger partial charge is 0.490 e. The maximum absolute atomic E-state index is 10.6. The summed E-state index contributed by atoms with van der Waals surface area (Å²) in [6.45, 7) is 5.85. The van der Waals surface area contributed by atoms with E-state index in [4.69, 9.17) is 9.26 Å². The molecule has 1 aromatic heterocycles. The van der Waals surface area contributed by atoms with Crippen molar-refractivity contribution in [3.63, 3.8) is 0 Å². The van der Waals surface area contributed by atoms with Crippen LogP contribution in [0, 0.1) is 22.2 Å². The highest BCUT2D eigenvalue weighted by atomic mass is 16.5. The highest BCUT2D eigenvalue weighted by Crippen LogP contribution is 2.48. The van der Waals surface area contributed by atoms with Crippen LogP contribution in [0.25, 0.3) is 22.8 Å². The van der Waals surface area contributed by atoms with E-state index in [1.54, 1.807) is 12.1 Å². The van der Waals surface area contributed by atoms with Crippen LogP contribution in [0.5, 0.6) is 5.75 Å². The number of hydrogen-bond donors (Lipinski definition) is 0. The summed E-state index contributed by atoms with van der Waals surface area (Å²) in [4.78, 5) is 17.7. The predicted molar refractivity (Wildman–Crippen MR) is 122 cm³/mol. The molecule has 1 aliphatic heterocycles. The molecule has 168 valence electrons. The maximum atomic E-state index is 10.6. The minimum atomic E-state index is -0.0248. The zero-order valence-corrected chi connectivity index (χ0v) is 18.7. The number of ether oxygens (including phenoxy) is 1. The third kappa shape index (κ3) is 3.89. The molecule has 0 spiro atoms. The van der Waals surface area contributed by atoms with Gasteiger partial charge in [0.05, 0.1) is 18.2 Å². The van der Waals surface area contributed by atoms with Crippen molar-refractivity contribution in [2.75, 3.05) is 19.6 Å². The summed E-state index contributed by atoms with van der Waals surface area (Å²) in [5.74, 6) is 1.99. The fourth-order valence-electron chi connectivity index (χ4n) is 5.15. The lowest BCUT2D eigenvalue weighted by Crippen LogP contribution is -2.26. The Morgan fingerprint density at radius 1 is 1.33 bits per heavy atom. The van der Waals surface area contributed by atoms with Crippen molar-refractivity contribution in [3.8, 4) is 34.7 Å². The normalized spacial score (nSPS) is 19.3. The van der Waals surface area contributed by atoms with Crippen molar-refractivity contribution < 1.29 is 9.26 Å². The van der Waals surface area contributed by atoms with Gasteiger partial charge >= 0.3 is 0 Å². The third-order valence-electron chi connectivity index (χ3n) is 6.48. The number of nitrogens with zero attached hydrogens (tertiary/aromatic N) is 5. The van der Waals surface area contributed by atoms with Crippen LogP contribution < -0.4 is 4.74 Å². The first-order valence-corrected chi connectivity index (χ1v) is 11.3. The molecule has 1 aliphatic carbocycles. The molecule has 0 N–H and O–H groups in total. The topological polar surface area (TPSA) is 105 Å². The Bertz CT molecular complexity index is 1230. The summed E-state index contributed by atoms with van der Waals surface area (Å²) in [5.41, 5.74) is 4.62. The summed E-state index contributed by atoms with van der Waals surface area (Å²) in [6, 6.07) is 14.0. The summed E-state index contributed by atoms with van der Waals surface area (Å²) in [6.07, 6.45) is 2.05. The lowest BCUT2D eigenvalue weighted by atomic mass is 10.0. The van der Waals surface area contributed by atoms with E-state index >= 15 is 0 Å². The second kappa shape index (κ2) is 8.75. The van der Waals surface area contributed by atoms with Gasteiger partial charge in [-0.25, -0.2) is 0 Å². The van der Waals surface area contributed by atoms with Crippen LogP contribution in [0.4, 0.5) is 0 Å². The van der Waals surface area contributed by atoms with Gasteiger partial charge in [-0.3, -0.25) is 4.90 Å². The standard InChI is InChI=1S/C25H25N5O3/c1-15(2)32-22-7-6-17(12-18(22)14-26)25-28-24(29-33-25)20-5-3-4-19-21(20)13-16-8-10-30(23(16)19)11-9-27-31/h3-7,12,15-16,23H,8-11,13H2,1-2H3/t16-,23-/m1/s1. The van der Waals surface area contributed by atoms with Gasteiger partial charge in [0.15, 0.2) is 0 Å². The van der Waals surface area contributed by atoms with E-state index in [1.807, 2.05) is 32.0 Å². The lowest BCUT2D eigenvalue weighted by Gasteiger charge is -2.23. The molecule has 0 unspecified atom stereocenters. The Kier molecular flexibility index (Phi) is 5.65. The molecule has 5 rings (SSSR count). The smallest absolute Gasteiger partial charge is 0.258 e. The molecule has 0 saturated carbocycles. The van der Waals surface area contributed by atoms with Gasteiger partial charge in [-0.1, -0.05) is 28.5 Å². The predicted octanol–water partition coefficient (Wildman–Crippen LogP) is 4.75. The van der Waals surface area contributed by atoms with Crippen LogP contribution in [-0.4, -0.2) is 40.8 Å². The first-order chi connectivity index (χ1) is 16.1. The molecular formula is C25H25N5O3. The summed E-state index contributed by atoms with van der Waals surface area (Å²) >= 11 is 0. The molecule has 1 fully saturated rings. The average molecular weight is 444 g/mol. The Hall–Kier alpha value is -3.57. The van der Waals surface area contributed by atoms with Crippen LogP contribution in [0.1, 0.15) is 43.0 Å². The van der Waals surface area contributed by atoms with Gasteiger partial charge in [-0.05, 0) is 68.5 Å². The summed E-state index contributed by atoms with van der Waals surface area (Å²) < 4.78 is 11.3. The minimum absolute atomic E-state index is 0.0248. The fourth-order valence-corrected chi connectivity index (χ4v) is 5.15. The molecule has 2 aliphatic rings. The summed E-state index contributed by atoms with van der Waals surface area (Å²) in [7, 11) is 0. The van der Waals surface area contributed by atoms with Crippen molar-refractivity contribution in [2.24, 2.45) is 11.1 Å². The molecule has 2 aromatic carbocycles. The van der Waals surface area contributed by atoms with Crippen LogP contribution in [0.15, 0.2) is 46.1 Å². The van der Waals surface area contributed by atoms with Gasteiger partial charge in [-0.2, -0.15) is 15.2 Å². The van der Waals surface area contributed by atoms with Crippen molar-refractivity contribution in [1.29, 1.82) is 5.26 Å². The molecule has 8 heteroatoms. The lowest BCUT2D eigenvalue weighted by molar-refractivity contribution is 0.241. The zero-order chi connectivity index (χ0) is 22.9. The number of aromatic nitrogens is 2. The minimum Gasteiger partial charge on any atom is -0.490 e. The van der Waals surface area contributed by atoms with E-state index in [-0.39, 0.29) is 6.10 Å². The van der Waals surface area contributed by atoms with E-state index in [2.05, 4.69) is 32.4 Å². The van der Waals surface area contributed by atoms with Gasteiger partial charge in [0.25, 0.3) is 5.89 Å². The van der Waals surface area contributed by atoms with Crippen molar-refractivity contribution in [3.05, 3.63) is 58.0 Å². The quantitative estimate of drug-likeness (QED) is 0.485. The molecule has 3 aromatic rings. The number of hydrogen-bond acceptors (Lipinski definition) is 8. The Balaban J connectivity index is 1.45. The number of fused-ring (bicyclic) bond motifs is 3. The van der Waals surface area contributed by atoms with Crippen molar-refractivity contribution in [2.45, 2.75) is 38.8 Å². The van der Waals surface area contributed by atoms with Crippen molar-refractivity contribution in [1.82, 2.24) is 15.0 Å². The molecule has 0 bridgehead atoms. The van der Waals surface area contributed by atoms with Gasteiger partial charge in [0.1, 0.15) is 11.8 Å². The average Bonchev–Trinajstić information content (AvgIpc) is 3.53. The Morgan fingerprint density at radius 3 is 3.00 bits per heavy atom. The first kappa shape index (κ1) is 21.3. The van der Waals surface area contributed by atoms with Gasteiger partial charge in [-0.15, -0.1) is 0 Å². The number of nitroso groups, excluding NO2 is 1. The van der Waals surface area contributed by atoms with Gasteiger partial charge in [0.2, 0.25) is 5.82 Å². The van der Waals surface area contributed by atoms with Gasteiger partial charge in [0, 0.05) is 23.7 Å². The highest BCUT2D eigenvalue weighted by molar-refractivity contribution is 5.67. The maximum Gasteiger partial charge on any atom is 0.258 e. The van der Waals surface area contributed by atoms with E-state index in [0.29, 0.717) is 53.6 Å². The monoisotopic (exact) mass is 443 g/mol. The van der Waals surface area contributed by atoms with Crippen LogP contribution in [0.3, 0.4) is 0 Å². The third-order valence-corrected chi connectivity index (χ3v) is 6.48. The van der Waals surface area contributed by atoms with E-state index in [9.17, 15) is 10.2 Å². The molecule has 33 heavy (non-hydrogen) atoms. The molecule has 0 radical (unpaired) electrons. The molecule has 1 saturated heterocycles. The van der Waals surface area contributed by atoms with E-state index in [0.717, 1.165) is 24.9 Å². The number of rotatable bonds is 7. The van der Waals surface area contributed by atoms with Crippen LogP contribution in [-0.2, 0) is 6.42 Å². The molecule has 8 nitrogen and oxygen atoms in total. The number of likely N-dealkylation sites (tertiary alicyclic amines) is 1. The second-order valence-corrected chi connectivity index (χ2v) is 8.87. The SMILES string of the molecule is CC(C)Oc1ccc(-c2nc(-c3cccc4c3C[C@H]3CCN(CCN=O)[C@@H]43)no2)cc1C#N. The number of nitriles is 1. The van der Waals surface area contributed by atoms with Crippen molar-refractivity contribution >= 4 is 0 Å². The molecule has 2 heterocycles. The van der Waals surface area contributed by atoms with Crippen LogP contribution in [0.2, 0.25) is 0 Å². The van der Waals surface area contributed by atoms with E-state index in [1.165, 1.54) is 11.1 Å². The zero-order valence-electron chi connectivity index (χ0n) is 18.7. The second-order valence-electron chi connectivity index (χ2n) is 8.87. The van der Waals surface area contributed by atoms with E-state index < -0.39 is 0 Å². The molecule has 0 amide bonds. The first-order valence-electron chi connectivity index (χ1n) is 11.3. The Morgan fingerprint density at radius 2 is 2.21 bits per heavy atom. The molecular weight excluding hydrogens is 418 g/mol. The van der Waals surface area contributed by atoms with Gasteiger partial charge < -0.3 is 9.26 Å².